The van der Waals surface area contributed by atoms with Gasteiger partial charge < -0.3 is 5.32 Å². The minimum absolute atomic E-state index is 0.635. The molecule has 0 aromatic carbocycles. The molecule has 0 bridgehead atoms. The van der Waals surface area contributed by atoms with Gasteiger partial charge in [0.25, 0.3) is 0 Å². The van der Waals surface area contributed by atoms with E-state index in [9.17, 15) is 0 Å². The van der Waals surface area contributed by atoms with Crippen LogP contribution in [0.4, 0.5) is 5.13 Å². The molecule has 0 aliphatic rings. The van der Waals surface area contributed by atoms with Crippen molar-refractivity contribution in [3.05, 3.63) is 26.9 Å². The van der Waals surface area contributed by atoms with E-state index in [1.165, 1.54) is 9.75 Å². The minimum atomic E-state index is 0.635. The van der Waals surface area contributed by atoms with Gasteiger partial charge in [-0.25, -0.2) is 0 Å². The van der Waals surface area contributed by atoms with E-state index in [0.29, 0.717) is 5.92 Å². The van der Waals surface area contributed by atoms with Crippen molar-refractivity contribution < 1.29 is 0 Å². The molecule has 1 N–H and O–H groups in total. The Balaban J connectivity index is 1.89. The molecule has 17 heavy (non-hydrogen) atoms. The monoisotopic (exact) mass is 267 g/mol. The standard InChI is InChI=1S/C12H17N3S2/c1-8(2)6-11-14-15-12(17-11)13-7-10-5-4-9(3)16-10/h4-5,8H,6-7H2,1-3H3,(H,13,15). The molecule has 0 unspecified atom stereocenters. The lowest BCUT2D eigenvalue weighted by atomic mass is 10.1. The fourth-order valence-corrected chi connectivity index (χ4v) is 3.28. The second-order valence-corrected chi connectivity index (χ2v) is 6.90. The van der Waals surface area contributed by atoms with Crippen molar-refractivity contribution in [2.75, 3.05) is 5.32 Å². The summed E-state index contributed by atoms with van der Waals surface area (Å²) in [6.45, 7) is 7.36. The Morgan fingerprint density at radius 3 is 2.71 bits per heavy atom. The van der Waals surface area contributed by atoms with Crippen molar-refractivity contribution in [3.63, 3.8) is 0 Å². The van der Waals surface area contributed by atoms with Crippen molar-refractivity contribution >= 4 is 27.8 Å². The maximum absolute atomic E-state index is 4.18. The number of thiophene rings is 1. The third-order valence-electron chi connectivity index (χ3n) is 2.26. The summed E-state index contributed by atoms with van der Waals surface area (Å²) in [4.78, 5) is 2.68. The number of nitrogens with zero attached hydrogens (tertiary/aromatic N) is 2. The Labute approximate surface area is 110 Å². The Morgan fingerprint density at radius 2 is 2.06 bits per heavy atom. The van der Waals surface area contributed by atoms with Gasteiger partial charge >= 0.3 is 0 Å². The topological polar surface area (TPSA) is 37.8 Å². The van der Waals surface area contributed by atoms with Gasteiger partial charge in [-0.3, -0.25) is 0 Å². The lowest BCUT2D eigenvalue weighted by Gasteiger charge is -1.98. The summed E-state index contributed by atoms with van der Waals surface area (Å²) in [6.07, 6.45) is 1.01. The average molecular weight is 267 g/mol. The molecule has 2 aromatic rings. The molecule has 92 valence electrons. The van der Waals surface area contributed by atoms with Crippen LogP contribution in [0.2, 0.25) is 0 Å². The maximum Gasteiger partial charge on any atom is 0.205 e. The summed E-state index contributed by atoms with van der Waals surface area (Å²) in [5.41, 5.74) is 0. The largest absolute Gasteiger partial charge is 0.355 e. The molecular weight excluding hydrogens is 250 g/mol. The van der Waals surface area contributed by atoms with Gasteiger partial charge in [-0.2, -0.15) is 0 Å². The highest BCUT2D eigenvalue weighted by Gasteiger charge is 2.06. The summed E-state index contributed by atoms with van der Waals surface area (Å²) in [6, 6.07) is 4.30. The van der Waals surface area contributed by atoms with Gasteiger partial charge in [0.05, 0.1) is 6.54 Å². The fourth-order valence-electron chi connectivity index (χ4n) is 1.50. The first kappa shape index (κ1) is 12.5. The van der Waals surface area contributed by atoms with Crippen LogP contribution in [-0.2, 0) is 13.0 Å². The van der Waals surface area contributed by atoms with Gasteiger partial charge in [0.15, 0.2) is 0 Å². The molecule has 0 saturated heterocycles. The summed E-state index contributed by atoms with van der Waals surface area (Å²) < 4.78 is 0. The smallest absolute Gasteiger partial charge is 0.205 e. The Kier molecular flexibility index (Phi) is 4.12. The van der Waals surface area contributed by atoms with Crippen molar-refractivity contribution in [2.24, 2.45) is 5.92 Å². The van der Waals surface area contributed by atoms with E-state index in [0.717, 1.165) is 23.1 Å². The van der Waals surface area contributed by atoms with Crippen LogP contribution in [0.5, 0.6) is 0 Å². The van der Waals surface area contributed by atoms with Gasteiger partial charge in [-0.05, 0) is 25.0 Å². The first-order chi connectivity index (χ1) is 8.13. The van der Waals surface area contributed by atoms with E-state index in [1.54, 1.807) is 11.3 Å². The summed E-state index contributed by atoms with van der Waals surface area (Å²) in [7, 11) is 0. The lowest BCUT2D eigenvalue weighted by molar-refractivity contribution is 0.640. The van der Waals surface area contributed by atoms with E-state index in [2.05, 4.69) is 48.4 Å². The molecule has 0 fully saturated rings. The molecule has 2 heterocycles. The lowest BCUT2D eigenvalue weighted by Crippen LogP contribution is -1.96. The van der Waals surface area contributed by atoms with Gasteiger partial charge in [-0.15, -0.1) is 21.5 Å². The number of hydrogen-bond donors (Lipinski definition) is 1. The third kappa shape index (κ3) is 3.78. The first-order valence-corrected chi connectivity index (χ1v) is 7.38. The first-order valence-electron chi connectivity index (χ1n) is 5.75. The number of hydrogen-bond acceptors (Lipinski definition) is 5. The number of nitrogens with one attached hydrogen (secondary N) is 1. The number of rotatable bonds is 5. The number of aryl methyl sites for hydroxylation is 1. The normalized spacial score (nSPS) is 11.1. The van der Waals surface area contributed by atoms with Crippen LogP contribution in [0.3, 0.4) is 0 Å². The zero-order chi connectivity index (χ0) is 12.3. The predicted molar refractivity (Wildman–Crippen MR) is 74.8 cm³/mol. The summed E-state index contributed by atoms with van der Waals surface area (Å²) in [5.74, 6) is 0.635. The fraction of sp³-hybridized carbons (Fsp3) is 0.500. The molecule has 0 atom stereocenters. The summed E-state index contributed by atoms with van der Waals surface area (Å²) in [5, 5.41) is 13.7. The van der Waals surface area contributed by atoms with Crippen LogP contribution >= 0.6 is 22.7 Å². The average Bonchev–Trinajstić information content (AvgIpc) is 2.84. The van der Waals surface area contributed by atoms with E-state index >= 15 is 0 Å². The SMILES string of the molecule is Cc1ccc(CNc2nnc(CC(C)C)s2)s1. The second kappa shape index (κ2) is 5.60. The molecule has 0 spiro atoms. The highest BCUT2D eigenvalue weighted by molar-refractivity contribution is 7.15. The summed E-state index contributed by atoms with van der Waals surface area (Å²) >= 11 is 3.48. The highest BCUT2D eigenvalue weighted by atomic mass is 32.1. The zero-order valence-corrected chi connectivity index (χ0v) is 12.0. The Hall–Kier alpha value is -0.940. The zero-order valence-electron chi connectivity index (χ0n) is 10.4. The maximum atomic E-state index is 4.18. The van der Waals surface area contributed by atoms with Crippen LogP contribution < -0.4 is 5.32 Å². The molecule has 3 nitrogen and oxygen atoms in total. The molecule has 2 aromatic heterocycles. The molecular formula is C12H17N3S2. The van der Waals surface area contributed by atoms with E-state index in [1.807, 2.05) is 11.3 Å². The number of anilines is 1. The Morgan fingerprint density at radius 1 is 1.24 bits per heavy atom. The van der Waals surface area contributed by atoms with E-state index < -0.39 is 0 Å². The second-order valence-electron chi connectivity index (χ2n) is 4.46. The number of aromatic nitrogens is 2. The van der Waals surface area contributed by atoms with Crippen LogP contribution in [0.25, 0.3) is 0 Å². The van der Waals surface area contributed by atoms with E-state index in [4.69, 9.17) is 0 Å². The van der Waals surface area contributed by atoms with Gasteiger partial charge in [0.1, 0.15) is 5.01 Å². The molecule has 0 radical (unpaired) electrons. The minimum Gasteiger partial charge on any atom is -0.355 e. The predicted octanol–water partition coefficient (Wildman–Crippen LogP) is 3.72. The van der Waals surface area contributed by atoms with Gasteiger partial charge in [0.2, 0.25) is 5.13 Å². The van der Waals surface area contributed by atoms with Gasteiger partial charge in [-0.1, -0.05) is 25.2 Å². The molecule has 5 heteroatoms. The van der Waals surface area contributed by atoms with Gasteiger partial charge in [0, 0.05) is 16.2 Å². The molecule has 0 aliphatic heterocycles. The third-order valence-corrected chi connectivity index (χ3v) is 4.16. The Bertz CT molecular complexity index is 474. The van der Waals surface area contributed by atoms with Crippen molar-refractivity contribution in [3.8, 4) is 0 Å². The van der Waals surface area contributed by atoms with Crippen LogP contribution in [0.1, 0.15) is 28.6 Å². The van der Waals surface area contributed by atoms with Crippen LogP contribution in [-0.4, -0.2) is 10.2 Å². The molecule has 0 aliphatic carbocycles. The van der Waals surface area contributed by atoms with Crippen molar-refractivity contribution in [1.29, 1.82) is 0 Å². The van der Waals surface area contributed by atoms with Crippen molar-refractivity contribution in [2.45, 2.75) is 33.7 Å². The molecule has 0 saturated carbocycles. The highest BCUT2D eigenvalue weighted by Crippen LogP contribution is 2.21. The van der Waals surface area contributed by atoms with Crippen LogP contribution in [0.15, 0.2) is 12.1 Å². The van der Waals surface area contributed by atoms with Crippen LogP contribution in [0, 0.1) is 12.8 Å². The molecule has 0 amide bonds. The quantitative estimate of drug-likeness (QED) is 0.897. The van der Waals surface area contributed by atoms with E-state index in [-0.39, 0.29) is 0 Å². The van der Waals surface area contributed by atoms with Crippen molar-refractivity contribution in [1.82, 2.24) is 10.2 Å². The molecule has 2 rings (SSSR count).